The van der Waals surface area contributed by atoms with Crippen molar-refractivity contribution in [3.63, 3.8) is 0 Å². The maximum Gasteiger partial charge on any atom is 0.327 e. The second-order valence-electron chi connectivity index (χ2n) is 6.45. The van der Waals surface area contributed by atoms with Crippen LogP contribution in [0.5, 0.6) is 0 Å². The summed E-state index contributed by atoms with van der Waals surface area (Å²) in [6.07, 6.45) is 5.84. The molecule has 26 heavy (non-hydrogen) atoms. The Morgan fingerprint density at radius 1 is 1.31 bits per heavy atom. The number of morpholine rings is 1. The van der Waals surface area contributed by atoms with Crippen LogP contribution in [-0.2, 0) is 11.2 Å². The molecule has 1 saturated heterocycles. The first-order valence-electron chi connectivity index (χ1n) is 8.65. The van der Waals surface area contributed by atoms with E-state index in [9.17, 15) is 4.79 Å². The summed E-state index contributed by atoms with van der Waals surface area (Å²) in [6.45, 7) is 3.91. The number of nitrogens with one attached hydrogen (secondary N) is 1. The van der Waals surface area contributed by atoms with Gasteiger partial charge in [-0.3, -0.25) is 19.4 Å². The SMILES string of the molecule is O=c1[nH]c2ncc(Cl)cc2n1[C@H](Cc1cccnc1)CN1CCOCC1. The average Bonchev–Trinajstić information content (AvgIpc) is 2.98. The van der Waals surface area contributed by atoms with E-state index in [-0.39, 0.29) is 11.7 Å². The van der Waals surface area contributed by atoms with Crippen LogP contribution >= 0.6 is 11.6 Å². The molecule has 1 atom stereocenters. The van der Waals surface area contributed by atoms with E-state index in [1.165, 1.54) is 0 Å². The number of aromatic nitrogens is 4. The van der Waals surface area contributed by atoms with Gasteiger partial charge in [-0.05, 0) is 24.1 Å². The van der Waals surface area contributed by atoms with Crippen molar-refractivity contribution in [3.05, 3.63) is 57.9 Å². The number of halogens is 1. The summed E-state index contributed by atoms with van der Waals surface area (Å²) < 4.78 is 7.22. The van der Waals surface area contributed by atoms with E-state index in [0.29, 0.717) is 17.1 Å². The van der Waals surface area contributed by atoms with E-state index in [2.05, 4.69) is 19.9 Å². The monoisotopic (exact) mass is 373 g/mol. The summed E-state index contributed by atoms with van der Waals surface area (Å²) in [5, 5.41) is 0.511. The largest absolute Gasteiger partial charge is 0.379 e. The van der Waals surface area contributed by atoms with Crippen LogP contribution in [0.2, 0.25) is 5.02 Å². The lowest BCUT2D eigenvalue weighted by atomic mass is 10.1. The minimum Gasteiger partial charge on any atom is -0.379 e. The van der Waals surface area contributed by atoms with Gasteiger partial charge in [-0.15, -0.1) is 0 Å². The van der Waals surface area contributed by atoms with Crippen LogP contribution in [0, 0.1) is 0 Å². The lowest BCUT2D eigenvalue weighted by Gasteiger charge is -2.31. The molecule has 0 unspecified atom stereocenters. The van der Waals surface area contributed by atoms with E-state index < -0.39 is 0 Å². The number of nitrogens with zero attached hydrogens (tertiary/aromatic N) is 4. The molecule has 0 saturated carbocycles. The van der Waals surface area contributed by atoms with Crippen LogP contribution in [0.1, 0.15) is 11.6 Å². The van der Waals surface area contributed by atoms with Crippen molar-refractivity contribution in [1.82, 2.24) is 24.4 Å². The second kappa shape index (κ2) is 7.57. The zero-order valence-electron chi connectivity index (χ0n) is 14.3. The molecule has 1 fully saturated rings. The van der Waals surface area contributed by atoms with Crippen LogP contribution in [0.3, 0.4) is 0 Å². The third kappa shape index (κ3) is 3.65. The fraction of sp³-hybridized carbons (Fsp3) is 0.389. The average molecular weight is 374 g/mol. The zero-order valence-corrected chi connectivity index (χ0v) is 15.0. The van der Waals surface area contributed by atoms with E-state index in [4.69, 9.17) is 16.3 Å². The van der Waals surface area contributed by atoms with E-state index in [1.54, 1.807) is 23.0 Å². The number of pyridine rings is 2. The number of imidazole rings is 1. The van der Waals surface area contributed by atoms with Crippen LogP contribution < -0.4 is 5.69 Å². The Kier molecular flexibility index (Phi) is 5.01. The van der Waals surface area contributed by atoms with Crippen molar-refractivity contribution < 1.29 is 4.74 Å². The fourth-order valence-electron chi connectivity index (χ4n) is 3.45. The molecule has 0 radical (unpaired) electrons. The van der Waals surface area contributed by atoms with Gasteiger partial charge < -0.3 is 4.74 Å². The van der Waals surface area contributed by atoms with Crippen LogP contribution in [0.4, 0.5) is 0 Å². The first-order chi connectivity index (χ1) is 12.7. The Balaban J connectivity index is 1.73. The predicted molar refractivity (Wildman–Crippen MR) is 99.6 cm³/mol. The predicted octanol–water partition coefficient (Wildman–Crippen LogP) is 1.89. The molecule has 4 rings (SSSR count). The molecule has 0 spiro atoms. The normalized spacial score (nSPS) is 16.8. The number of H-pyrrole nitrogens is 1. The molecule has 8 heteroatoms. The topological polar surface area (TPSA) is 76.0 Å². The molecule has 0 amide bonds. The lowest BCUT2D eigenvalue weighted by molar-refractivity contribution is 0.0315. The quantitative estimate of drug-likeness (QED) is 0.739. The summed E-state index contributed by atoms with van der Waals surface area (Å²) >= 11 is 6.13. The molecule has 0 bridgehead atoms. The molecule has 3 aromatic heterocycles. The van der Waals surface area contributed by atoms with Gasteiger partial charge in [-0.2, -0.15) is 0 Å². The van der Waals surface area contributed by atoms with Crippen LogP contribution in [0.25, 0.3) is 11.2 Å². The highest BCUT2D eigenvalue weighted by Gasteiger charge is 2.23. The first-order valence-corrected chi connectivity index (χ1v) is 9.03. The van der Waals surface area contributed by atoms with Gasteiger partial charge in [0.05, 0.1) is 29.8 Å². The minimum absolute atomic E-state index is 0.0567. The number of hydrogen-bond acceptors (Lipinski definition) is 5. The van der Waals surface area contributed by atoms with Gasteiger partial charge in [0.25, 0.3) is 0 Å². The summed E-state index contributed by atoms with van der Waals surface area (Å²) in [7, 11) is 0. The standard InChI is InChI=1S/C18H20ClN5O2/c19-14-9-16-17(21-11-14)22-18(25)24(16)15(8-13-2-1-3-20-10-13)12-23-4-6-26-7-5-23/h1-3,9-11,15H,4-8,12H2,(H,21,22,25)/t15-/m1/s1. The van der Waals surface area contributed by atoms with Crippen molar-refractivity contribution in [2.45, 2.75) is 12.5 Å². The third-order valence-corrected chi connectivity index (χ3v) is 4.88. The van der Waals surface area contributed by atoms with Crippen molar-refractivity contribution in [2.75, 3.05) is 32.8 Å². The van der Waals surface area contributed by atoms with Gasteiger partial charge in [0.2, 0.25) is 0 Å². The molecule has 1 aliphatic heterocycles. The fourth-order valence-corrected chi connectivity index (χ4v) is 3.60. The highest BCUT2D eigenvalue weighted by Crippen LogP contribution is 2.21. The van der Waals surface area contributed by atoms with E-state index in [0.717, 1.165) is 43.9 Å². The molecular formula is C18H20ClN5O2. The van der Waals surface area contributed by atoms with Gasteiger partial charge in [0.1, 0.15) is 0 Å². The highest BCUT2D eigenvalue weighted by molar-refractivity contribution is 6.31. The molecular weight excluding hydrogens is 354 g/mol. The molecule has 7 nitrogen and oxygen atoms in total. The Bertz CT molecular complexity index is 934. The van der Waals surface area contributed by atoms with Crippen LogP contribution in [-0.4, -0.2) is 57.3 Å². The number of aromatic amines is 1. The number of fused-ring (bicyclic) bond motifs is 1. The Hall–Kier alpha value is -2.22. The molecule has 1 N–H and O–H groups in total. The number of ether oxygens (including phenoxy) is 1. The molecule has 3 aromatic rings. The molecule has 1 aliphatic rings. The minimum atomic E-state index is -0.170. The van der Waals surface area contributed by atoms with Crippen molar-refractivity contribution in [3.8, 4) is 0 Å². The van der Waals surface area contributed by atoms with Gasteiger partial charge >= 0.3 is 5.69 Å². The molecule has 4 heterocycles. The van der Waals surface area contributed by atoms with Crippen molar-refractivity contribution >= 4 is 22.8 Å². The van der Waals surface area contributed by atoms with Crippen LogP contribution in [0.15, 0.2) is 41.6 Å². The smallest absolute Gasteiger partial charge is 0.327 e. The Morgan fingerprint density at radius 3 is 2.92 bits per heavy atom. The number of rotatable bonds is 5. The molecule has 0 aromatic carbocycles. The van der Waals surface area contributed by atoms with Gasteiger partial charge in [0, 0.05) is 38.2 Å². The maximum atomic E-state index is 12.7. The highest BCUT2D eigenvalue weighted by atomic mass is 35.5. The zero-order chi connectivity index (χ0) is 17.9. The summed E-state index contributed by atoms with van der Waals surface area (Å²) in [5.41, 5.74) is 2.20. The van der Waals surface area contributed by atoms with E-state index in [1.807, 2.05) is 18.3 Å². The summed E-state index contributed by atoms with van der Waals surface area (Å²) in [6, 6.07) is 5.68. The summed E-state index contributed by atoms with van der Waals surface area (Å²) in [5.74, 6) is 0. The van der Waals surface area contributed by atoms with Crippen molar-refractivity contribution in [1.29, 1.82) is 0 Å². The van der Waals surface area contributed by atoms with E-state index >= 15 is 0 Å². The molecule has 0 aliphatic carbocycles. The van der Waals surface area contributed by atoms with Gasteiger partial charge in [-0.25, -0.2) is 9.78 Å². The lowest BCUT2D eigenvalue weighted by Crippen LogP contribution is -2.41. The van der Waals surface area contributed by atoms with Crippen molar-refractivity contribution in [2.24, 2.45) is 0 Å². The first kappa shape index (κ1) is 17.2. The summed E-state index contributed by atoms with van der Waals surface area (Å²) in [4.78, 5) is 26.3. The van der Waals surface area contributed by atoms with Gasteiger partial charge in [0.15, 0.2) is 5.65 Å². The Morgan fingerprint density at radius 2 is 2.15 bits per heavy atom. The maximum absolute atomic E-state index is 12.7. The molecule has 136 valence electrons. The number of hydrogen-bond donors (Lipinski definition) is 1. The Labute approximate surface area is 155 Å². The third-order valence-electron chi connectivity index (χ3n) is 4.67. The van der Waals surface area contributed by atoms with Gasteiger partial charge in [-0.1, -0.05) is 17.7 Å². The second-order valence-corrected chi connectivity index (χ2v) is 6.89.